The molecule has 0 aliphatic carbocycles. The zero-order chi connectivity index (χ0) is 15.3. The highest BCUT2D eigenvalue weighted by Crippen LogP contribution is 2.35. The predicted molar refractivity (Wildman–Crippen MR) is 89.1 cm³/mol. The lowest BCUT2D eigenvalue weighted by Crippen LogP contribution is -2.25. The Bertz CT molecular complexity index is 497. The van der Waals surface area contributed by atoms with Crippen molar-refractivity contribution in [3.05, 3.63) is 26.6 Å². The number of carbonyl (C=O) groups excluding carboxylic acids is 1. The van der Waals surface area contributed by atoms with Crippen LogP contribution in [0, 0.1) is 0 Å². The monoisotopic (exact) mass is 423 g/mol. The van der Waals surface area contributed by atoms with Crippen molar-refractivity contribution in [1.29, 1.82) is 0 Å². The molecule has 0 aromatic heterocycles. The van der Waals surface area contributed by atoms with E-state index in [0.29, 0.717) is 17.5 Å². The number of esters is 1. The summed E-state index contributed by atoms with van der Waals surface area (Å²) in [5.74, 6) is 0.320. The third kappa shape index (κ3) is 5.03. The van der Waals surface area contributed by atoms with Crippen molar-refractivity contribution in [3.63, 3.8) is 0 Å². The number of hydrogen-bond acceptors (Lipinski definition) is 4. The molecule has 0 heterocycles. The second-order valence-corrected chi connectivity index (χ2v) is 6.19. The molecule has 0 unspecified atom stereocenters. The van der Waals surface area contributed by atoms with Crippen LogP contribution in [-0.4, -0.2) is 36.7 Å². The van der Waals surface area contributed by atoms with Gasteiger partial charge in [-0.15, -0.1) is 0 Å². The van der Waals surface area contributed by atoms with E-state index >= 15 is 0 Å². The first-order chi connectivity index (χ1) is 9.35. The van der Waals surface area contributed by atoms with Gasteiger partial charge in [-0.3, -0.25) is 4.79 Å². The Morgan fingerprint density at radius 2 is 1.85 bits per heavy atom. The lowest BCUT2D eigenvalue weighted by molar-refractivity contribution is -0.142. The summed E-state index contributed by atoms with van der Waals surface area (Å²) in [6.07, 6.45) is 0.212. The second-order valence-electron chi connectivity index (χ2n) is 4.13. The van der Waals surface area contributed by atoms with Crippen molar-refractivity contribution in [2.24, 2.45) is 0 Å². The van der Waals surface area contributed by atoms with E-state index in [1.807, 2.05) is 12.1 Å². The maximum absolute atomic E-state index is 11.5. The highest BCUT2D eigenvalue weighted by atomic mass is 79.9. The van der Waals surface area contributed by atoms with Crippen molar-refractivity contribution in [3.8, 4) is 5.75 Å². The van der Waals surface area contributed by atoms with Crippen LogP contribution in [-0.2, 0) is 16.0 Å². The van der Waals surface area contributed by atoms with Crippen LogP contribution in [0.25, 0.3) is 0 Å². The van der Waals surface area contributed by atoms with Gasteiger partial charge in [-0.2, -0.15) is 0 Å². The van der Waals surface area contributed by atoms with Crippen LogP contribution >= 0.6 is 44.1 Å². The Balaban J connectivity index is 2.91. The third-order valence-corrected chi connectivity index (χ3v) is 3.89. The van der Waals surface area contributed by atoms with Gasteiger partial charge in [0.15, 0.2) is 5.75 Å². The number of ether oxygens (including phenoxy) is 2. The topological polar surface area (TPSA) is 38.8 Å². The molecule has 1 aromatic carbocycles. The van der Waals surface area contributed by atoms with Gasteiger partial charge in [-0.25, -0.2) is 0 Å². The van der Waals surface area contributed by atoms with Gasteiger partial charge in [0.25, 0.3) is 5.17 Å². The van der Waals surface area contributed by atoms with Gasteiger partial charge in [0.05, 0.1) is 22.0 Å². The molecule has 7 heteroatoms. The summed E-state index contributed by atoms with van der Waals surface area (Å²) < 4.78 is 12.0. The molecule has 0 saturated carbocycles. The zero-order valence-electron chi connectivity index (χ0n) is 11.4. The first-order valence-electron chi connectivity index (χ1n) is 5.87. The van der Waals surface area contributed by atoms with Crippen molar-refractivity contribution in [1.82, 2.24) is 4.90 Å². The zero-order valence-corrected chi connectivity index (χ0v) is 15.4. The van der Waals surface area contributed by atoms with E-state index in [1.54, 1.807) is 25.9 Å². The Labute approximate surface area is 140 Å². The highest BCUT2D eigenvalue weighted by molar-refractivity contribution is 9.11. The quantitative estimate of drug-likeness (QED) is 0.545. The van der Waals surface area contributed by atoms with Gasteiger partial charge < -0.3 is 14.4 Å². The first-order valence-corrected chi connectivity index (χ1v) is 7.87. The summed E-state index contributed by atoms with van der Waals surface area (Å²) >= 11 is 11.9. The van der Waals surface area contributed by atoms with E-state index < -0.39 is 0 Å². The fraction of sp³-hybridized carbons (Fsp3) is 0.385. The maximum Gasteiger partial charge on any atom is 0.310 e. The molecule has 0 fully saturated rings. The van der Waals surface area contributed by atoms with E-state index in [-0.39, 0.29) is 12.4 Å². The van der Waals surface area contributed by atoms with Gasteiger partial charge in [-0.1, -0.05) is 0 Å². The Hall–Kier alpha value is -0.660. The Morgan fingerprint density at radius 3 is 2.30 bits per heavy atom. The molecule has 0 bridgehead atoms. The minimum absolute atomic E-state index is 0.212. The largest absolute Gasteiger partial charge is 0.466 e. The molecule has 20 heavy (non-hydrogen) atoms. The van der Waals surface area contributed by atoms with E-state index in [9.17, 15) is 4.79 Å². The van der Waals surface area contributed by atoms with Crippen molar-refractivity contribution in [2.75, 3.05) is 20.7 Å². The summed E-state index contributed by atoms with van der Waals surface area (Å²) in [7, 11) is 3.61. The molecule has 1 aromatic rings. The van der Waals surface area contributed by atoms with Crippen molar-refractivity contribution >= 4 is 55.2 Å². The van der Waals surface area contributed by atoms with Crippen LogP contribution in [0.3, 0.4) is 0 Å². The fourth-order valence-corrected chi connectivity index (χ4v) is 2.90. The molecule has 0 spiro atoms. The van der Waals surface area contributed by atoms with Crippen LogP contribution < -0.4 is 4.74 Å². The molecule has 0 radical (unpaired) electrons. The fourth-order valence-electron chi connectivity index (χ4n) is 1.37. The van der Waals surface area contributed by atoms with E-state index in [2.05, 4.69) is 31.9 Å². The van der Waals surface area contributed by atoms with Crippen LogP contribution in [0.2, 0.25) is 0 Å². The minimum atomic E-state index is -0.260. The summed E-state index contributed by atoms with van der Waals surface area (Å²) in [6.45, 7) is 2.16. The number of carbonyl (C=O) groups is 1. The van der Waals surface area contributed by atoms with Crippen LogP contribution in [0.1, 0.15) is 12.5 Å². The van der Waals surface area contributed by atoms with Crippen LogP contribution in [0.4, 0.5) is 0 Å². The third-order valence-electron chi connectivity index (χ3n) is 2.27. The molecule has 4 nitrogen and oxygen atoms in total. The summed E-state index contributed by atoms with van der Waals surface area (Å²) in [4.78, 5) is 13.2. The SMILES string of the molecule is CCOC(=O)Cc1cc(Br)c(OC(=S)N(C)C)c(Br)c1. The van der Waals surface area contributed by atoms with Gasteiger partial charge in [0, 0.05) is 14.1 Å². The summed E-state index contributed by atoms with van der Waals surface area (Å²) in [5.41, 5.74) is 0.824. The molecular weight excluding hydrogens is 410 g/mol. The van der Waals surface area contributed by atoms with Crippen molar-refractivity contribution in [2.45, 2.75) is 13.3 Å². The van der Waals surface area contributed by atoms with E-state index in [0.717, 1.165) is 14.5 Å². The van der Waals surface area contributed by atoms with Gasteiger partial charge >= 0.3 is 5.97 Å². The molecule has 110 valence electrons. The lowest BCUT2D eigenvalue weighted by atomic mass is 10.1. The lowest BCUT2D eigenvalue weighted by Gasteiger charge is -2.16. The number of halogens is 2. The number of hydrogen-bond donors (Lipinski definition) is 0. The number of nitrogens with zero attached hydrogens (tertiary/aromatic N) is 1. The average Bonchev–Trinajstić information content (AvgIpc) is 2.33. The molecular formula is C13H15Br2NO3S. The van der Waals surface area contributed by atoms with E-state index in [4.69, 9.17) is 21.7 Å². The molecule has 0 atom stereocenters. The molecule has 0 amide bonds. The van der Waals surface area contributed by atoms with Gasteiger partial charge in [0.2, 0.25) is 0 Å². The molecule has 0 aliphatic heterocycles. The van der Waals surface area contributed by atoms with Crippen molar-refractivity contribution < 1.29 is 14.3 Å². The number of benzene rings is 1. The minimum Gasteiger partial charge on any atom is -0.466 e. The maximum atomic E-state index is 11.5. The molecule has 0 saturated heterocycles. The normalized spacial score (nSPS) is 10.1. The van der Waals surface area contributed by atoms with Crippen LogP contribution in [0.5, 0.6) is 5.75 Å². The highest BCUT2D eigenvalue weighted by Gasteiger charge is 2.14. The Kier molecular flexibility index (Phi) is 6.91. The van der Waals surface area contributed by atoms with Crippen LogP contribution in [0.15, 0.2) is 21.1 Å². The standard InChI is InChI=1S/C13H15Br2NO3S/c1-4-18-11(17)7-8-5-9(14)12(10(15)6-8)19-13(20)16(2)3/h5-6H,4,7H2,1-3H3. The van der Waals surface area contributed by atoms with Gasteiger partial charge in [0.1, 0.15) is 0 Å². The summed E-state index contributed by atoms with van der Waals surface area (Å²) in [6, 6.07) is 3.63. The van der Waals surface area contributed by atoms with E-state index in [1.165, 1.54) is 0 Å². The number of rotatable bonds is 4. The first kappa shape index (κ1) is 17.4. The smallest absolute Gasteiger partial charge is 0.310 e. The molecule has 0 aliphatic rings. The predicted octanol–water partition coefficient (Wildman–Crippen LogP) is 3.54. The number of thiocarbonyl (C=S) groups is 1. The van der Waals surface area contributed by atoms with Gasteiger partial charge in [-0.05, 0) is 68.7 Å². The Morgan fingerprint density at radius 1 is 1.30 bits per heavy atom. The average molecular weight is 425 g/mol. The summed E-state index contributed by atoms with van der Waals surface area (Å²) in [5, 5.41) is 0.351. The second kappa shape index (κ2) is 7.95. The molecule has 1 rings (SSSR count). The molecule has 0 N–H and O–H groups in total.